The van der Waals surface area contributed by atoms with E-state index in [0.717, 1.165) is 13.1 Å². The monoisotopic (exact) mass is 189 g/mol. The fourth-order valence-corrected chi connectivity index (χ4v) is 0.704. The maximum atomic E-state index is 8.56. The molecule has 0 aromatic carbocycles. The van der Waals surface area contributed by atoms with E-state index in [4.69, 9.17) is 15.0 Å². The van der Waals surface area contributed by atoms with Crippen LogP contribution in [0.3, 0.4) is 0 Å². The van der Waals surface area contributed by atoms with Gasteiger partial charge in [0.1, 0.15) is 0 Å². The molecule has 78 valence electrons. The van der Waals surface area contributed by atoms with Gasteiger partial charge in [0, 0.05) is 6.54 Å². The summed E-state index contributed by atoms with van der Waals surface area (Å²) in [4.78, 5) is 8.56. The minimum atomic E-state index is -1.83. The minimum absolute atomic E-state index is 0.948. The van der Waals surface area contributed by atoms with Crippen molar-refractivity contribution in [3.63, 3.8) is 0 Å². The average molecular weight is 189 g/mol. The number of hydrogen-bond donors (Lipinski definition) is 3. The van der Waals surface area contributed by atoms with E-state index in [1.807, 2.05) is 6.08 Å². The van der Waals surface area contributed by atoms with Crippen molar-refractivity contribution in [1.82, 2.24) is 5.32 Å². The summed E-state index contributed by atoms with van der Waals surface area (Å²) >= 11 is 0. The predicted octanol–water partition coefficient (Wildman–Crippen LogP) is 2.17. The summed E-state index contributed by atoms with van der Waals surface area (Å²) in [6, 6.07) is 0. The molecule has 0 aliphatic heterocycles. The first-order valence-corrected chi connectivity index (χ1v) is 4.38. The molecule has 3 N–H and O–H groups in total. The van der Waals surface area contributed by atoms with Crippen LogP contribution in [0, 0.1) is 0 Å². The molecule has 0 aromatic heterocycles. The van der Waals surface area contributed by atoms with Crippen LogP contribution in [0.25, 0.3) is 0 Å². The summed E-state index contributed by atoms with van der Waals surface area (Å²) in [5, 5.41) is 17.2. The summed E-state index contributed by atoms with van der Waals surface area (Å²) in [5.41, 5.74) is 0. The number of carboxylic acid groups (broad SMARTS) is 2. The van der Waals surface area contributed by atoms with E-state index in [1.54, 1.807) is 0 Å². The number of unbranched alkanes of at least 4 members (excludes halogenated alkanes) is 2. The summed E-state index contributed by atoms with van der Waals surface area (Å²) in [7, 11) is 0. The highest BCUT2D eigenvalue weighted by Crippen LogP contribution is 1.90. The van der Waals surface area contributed by atoms with Crippen molar-refractivity contribution in [2.45, 2.75) is 26.2 Å². The molecule has 0 unspecified atom stereocenters. The standard InChI is InChI=1S/C8H17N.CH2O3/c1-3-5-6-8-9-7-4-2;2-1(3)4/h4,9H,2-3,5-8H2,1H3;(H2,2,3,4). The van der Waals surface area contributed by atoms with Crippen LogP contribution in [0.1, 0.15) is 26.2 Å². The average Bonchev–Trinajstić information content (AvgIpc) is 2.03. The van der Waals surface area contributed by atoms with Crippen LogP contribution in [0.2, 0.25) is 0 Å². The van der Waals surface area contributed by atoms with Gasteiger partial charge in [0.05, 0.1) is 0 Å². The van der Waals surface area contributed by atoms with Crippen molar-refractivity contribution >= 4 is 6.16 Å². The molecule has 0 heterocycles. The van der Waals surface area contributed by atoms with Crippen LogP contribution in [-0.4, -0.2) is 29.5 Å². The third-order valence-corrected chi connectivity index (χ3v) is 1.25. The molecule has 13 heavy (non-hydrogen) atoms. The second-order valence-corrected chi connectivity index (χ2v) is 2.48. The van der Waals surface area contributed by atoms with E-state index in [2.05, 4.69) is 18.8 Å². The molecular weight excluding hydrogens is 170 g/mol. The first kappa shape index (κ1) is 14.5. The van der Waals surface area contributed by atoms with E-state index in [-0.39, 0.29) is 0 Å². The highest BCUT2D eigenvalue weighted by Gasteiger charge is 1.82. The normalized spacial score (nSPS) is 8.38. The highest BCUT2D eigenvalue weighted by molar-refractivity contribution is 5.53. The third kappa shape index (κ3) is 35.7. The van der Waals surface area contributed by atoms with Crippen LogP contribution in [0.5, 0.6) is 0 Å². The van der Waals surface area contributed by atoms with Crippen LogP contribution in [0.4, 0.5) is 4.79 Å². The van der Waals surface area contributed by atoms with Gasteiger partial charge in [-0.2, -0.15) is 0 Å². The smallest absolute Gasteiger partial charge is 0.450 e. The lowest BCUT2D eigenvalue weighted by atomic mass is 10.2. The zero-order valence-corrected chi connectivity index (χ0v) is 8.12. The van der Waals surface area contributed by atoms with E-state index in [0.29, 0.717) is 0 Å². The second kappa shape index (κ2) is 13.6. The lowest BCUT2D eigenvalue weighted by molar-refractivity contribution is 0.137. The Hall–Kier alpha value is -1.03. The topological polar surface area (TPSA) is 69.6 Å². The van der Waals surface area contributed by atoms with Gasteiger partial charge >= 0.3 is 6.16 Å². The van der Waals surface area contributed by atoms with Gasteiger partial charge in [-0.05, 0) is 13.0 Å². The Kier molecular flexibility index (Phi) is 15.1. The summed E-state index contributed by atoms with van der Waals surface area (Å²) in [6.45, 7) is 7.92. The lowest BCUT2D eigenvalue weighted by Gasteiger charge is -1.98. The quantitative estimate of drug-likeness (QED) is 0.442. The molecule has 4 heteroatoms. The number of carbonyl (C=O) groups is 1. The maximum absolute atomic E-state index is 8.56. The Morgan fingerprint density at radius 3 is 2.38 bits per heavy atom. The minimum Gasteiger partial charge on any atom is -0.450 e. The van der Waals surface area contributed by atoms with Crippen molar-refractivity contribution < 1.29 is 15.0 Å². The van der Waals surface area contributed by atoms with Crippen LogP contribution >= 0.6 is 0 Å². The fraction of sp³-hybridized carbons (Fsp3) is 0.667. The second-order valence-electron chi connectivity index (χ2n) is 2.48. The highest BCUT2D eigenvalue weighted by atomic mass is 16.6. The molecule has 0 atom stereocenters. The molecule has 0 saturated carbocycles. The summed E-state index contributed by atoms with van der Waals surface area (Å²) in [6.07, 6.45) is 4.00. The molecule has 0 amide bonds. The molecule has 0 radical (unpaired) electrons. The SMILES string of the molecule is C=CCNCCCCC.O=C(O)O. The van der Waals surface area contributed by atoms with Gasteiger partial charge in [-0.1, -0.05) is 25.8 Å². The fourth-order valence-electron chi connectivity index (χ4n) is 0.704. The molecule has 0 aliphatic rings. The third-order valence-electron chi connectivity index (χ3n) is 1.25. The number of hydrogen-bond acceptors (Lipinski definition) is 2. The van der Waals surface area contributed by atoms with Crippen molar-refractivity contribution in [2.24, 2.45) is 0 Å². The molecule has 4 nitrogen and oxygen atoms in total. The zero-order valence-electron chi connectivity index (χ0n) is 8.12. The van der Waals surface area contributed by atoms with Gasteiger partial charge in [-0.25, -0.2) is 4.79 Å². The number of nitrogens with one attached hydrogen (secondary N) is 1. The Labute approximate surface area is 79.3 Å². The zero-order chi connectivity index (χ0) is 10.5. The first-order chi connectivity index (χ1) is 6.15. The Morgan fingerprint density at radius 2 is 2.00 bits per heavy atom. The van der Waals surface area contributed by atoms with Gasteiger partial charge in [-0.15, -0.1) is 6.58 Å². The molecule has 0 aliphatic carbocycles. The van der Waals surface area contributed by atoms with Crippen LogP contribution < -0.4 is 5.32 Å². The van der Waals surface area contributed by atoms with Gasteiger partial charge in [0.15, 0.2) is 0 Å². The maximum Gasteiger partial charge on any atom is 0.503 e. The summed E-state index contributed by atoms with van der Waals surface area (Å²) < 4.78 is 0. The van der Waals surface area contributed by atoms with Crippen molar-refractivity contribution in [2.75, 3.05) is 13.1 Å². The van der Waals surface area contributed by atoms with Gasteiger partial charge in [-0.3, -0.25) is 0 Å². The van der Waals surface area contributed by atoms with Crippen LogP contribution in [0.15, 0.2) is 12.7 Å². The Balaban J connectivity index is 0. The van der Waals surface area contributed by atoms with E-state index >= 15 is 0 Å². The Morgan fingerprint density at radius 1 is 1.46 bits per heavy atom. The van der Waals surface area contributed by atoms with Gasteiger partial charge in [0.25, 0.3) is 0 Å². The molecule has 0 saturated heterocycles. The van der Waals surface area contributed by atoms with Gasteiger partial charge in [0.2, 0.25) is 0 Å². The predicted molar refractivity (Wildman–Crippen MR) is 53.2 cm³/mol. The van der Waals surface area contributed by atoms with E-state index < -0.39 is 6.16 Å². The molecule has 0 aromatic rings. The molecule has 0 bridgehead atoms. The molecule has 0 fully saturated rings. The molecule has 0 spiro atoms. The molecule has 0 rings (SSSR count). The summed E-state index contributed by atoms with van der Waals surface area (Å²) in [5.74, 6) is 0. The lowest BCUT2D eigenvalue weighted by Crippen LogP contribution is -2.14. The van der Waals surface area contributed by atoms with Crippen molar-refractivity contribution in [1.29, 1.82) is 0 Å². The van der Waals surface area contributed by atoms with Crippen LogP contribution in [-0.2, 0) is 0 Å². The van der Waals surface area contributed by atoms with Gasteiger partial charge < -0.3 is 15.5 Å². The van der Waals surface area contributed by atoms with Crippen molar-refractivity contribution in [3.05, 3.63) is 12.7 Å². The molecular formula is C9H19NO3. The van der Waals surface area contributed by atoms with E-state index in [9.17, 15) is 0 Å². The number of rotatable bonds is 6. The van der Waals surface area contributed by atoms with Crippen molar-refractivity contribution in [3.8, 4) is 0 Å². The largest absolute Gasteiger partial charge is 0.503 e. The Bertz CT molecular complexity index is 122. The van der Waals surface area contributed by atoms with E-state index in [1.165, 1.54) is 19.3 Å². The first-order valence-electron chi connectivity index (χ1n) is 4.38.